The minimum Gasteiger partial charge on any atom is -0.383 e. The van der Waals surface area contributed by atoms with Crippen LogP contribution in [0.5, 0.6) is 0 Å². The van der Waals surface area contributed by atoms with Crippen LogP contribution in [0.25, 0.3) is 21.7 Å². The van der Waals surface area contributed by atoms with Crippen LogP contribution in [0.1, 0.15) is 11.3 Å². The van der Waals surface area contributed by atoms with Crippen LogP contribution in [0.3, 0.4) is 0 Å². The van der Waals surface area contributed by atoms with Gasteiger partial charge in [-0.1, -0.05) is 23.7 Å². The number of hydrogen-bond donors (Lipinski definition) is 1. The Labute approximate surface area is 202 Å². The van der Waals surface area contributed by atoms with E-state index in [1.54, 1.807) is 7.11 Å². The van der Waals surface area contributed by atoms with E-state index in [2.05, 4.69) is 25.9 Å². The van der Waals surface area contributed by atoms with Gasteiger partial charge in [0.15, 0.2) is 0 Å². The van der Waals surface area contributed by atoms with Gasteiger partial charge in [0, 0.05) is 55.3 Å². The van der Waals surface area contributed by atoms with Gasteiger partial charge in [0.2, 0.25) is 5.91 Å². The molecule has 4 aromatic rings. The highest BCUT2D eigenvalue weighted by atomic mass is 35.5. The maximum Gasteiger partial charge on any atom is 0.242 e. The molecule has 8 nitrogen and oxygen atoms in total. The molecular formula is C25H25ClN6O2. The number of aromatic nitrogens is 3. The number of piperazine rings is 1. The van der Waals surface area contributed by atoms with E-state index in [1.165, 1.54) is 6.33 Å². The second-order valence-corrected chi connectivity index (χ2v) is 8.92. The van der Waals surface area contributed by atoms with E-state index in [0.29, 0.717) is 37.1 Å². The number of benzene rings is 2. The fourth-order valence-electron chi connectivity index (χ4n) is 4.46. The van der Waals surface area contributed by atoms with Crippen molar-refractivity contribution in [3.05, 3.63) is 71.3 Å². The molecule has 0 radical (unpaired) electrons. The zero-order chi connectivity index (χ0) is 23.7. The highest BCUT2D eigenvalue weighted by Gasteiger charge is 2.35. The fraction of sp³-hybridized carbons (Fsp3) is 0.280. The summed E-state index contributed by atoms with van der Waals surface area (Å²) in [5, 5.41) is 3.56. The van der Waals surface area contributed by atoms with Crippen molar-refractivity contribution in [1.29, 1.82) is 0 Å². The van der Waals surface area contributed by atoms with E-state index in [-0.39, 0.29) is 11.9 Å². The predicted octanol–water partition coefficient (Wildman–Crippen LogP) is 3.27. The monoisotopic (exact) mass is 476 g/mol. The lowest BCUT2D eigenvalue weighted by Gasteiger charge is -2.40. The first kappa shape index (κ1) is 22.5. The van der Waals surface area contributed by atoms with Crippen molar-refractivity contribution in [2.45, 2.75) is 19.1 Å². The van der Waals surface area contributed by atoms with Crippen LogP contribution in [-0.2, 0) is 22.6 Å². The van der Waals surface area contributed by atoms with Gasteiger partial charge in [0.25, 0.3) is 0 Å². The first-order valence-corrected chi connectivity index (χ1v) is 11.4. The number of anilines is 1. The lowest BCUT2D eigenvalue weighted by molar-refractivity contribution is -0.145. The summed E-state index contributed by atoms with van der Waals surface area (Å²) in [4.78, 5) is 30.4. The number of pyridine rings is 1. The summed E-state index contributed by atoms with van der Waals surface area (Å²) in [5.74, 6) is 0.495. The van der Waals surface area contributed by atoms with E-state index in [9.17, 15) is 4.79 Å². The average Bonchev–Trinajstić information content (AvgIpc) is 2.83. The molecule has 1 aliphatic heterocycles. The highest BCUT2D eigenvalue weighted by molar-refractivity contribution is 6.31. The van der Waals surface area contributed by atoms with Crippen molar-refractivity contribution >= 4 is 45.0 Å². The maximum atomic E-state index is 13.4. The number of nitrogen functional groups attached to an aromatic ring is 1. The Morgan fingerprint density at radius 2 is 1.94 bits per heavy atom. The molecule has 174 valence electrons. The summed E-state index contributed by atoms with van der Waals surface area (Å²) in [6, 6.07) is 13.3. The molecule has 5 rings (SSSR count). The Kier molecular flexibility index (Phi) is 6.28. The third-order valence-electron chi connectivity index (χ3n) is 6.23. The number of halogens is 1. The van der Waals surface area contributed by atoms with Gasteiger partial charge in [-0.05, 0) is 41.3 Å². The molecule has 0 spiro atoms. The van der Waals surface area contributed by atoms with Crippen molar-refractivity contribution in [3.8, 4) is 0 Å². The Bertz CT molecular complexity index is 1360. The van der Waals surface area contributed by atoms with Crippen molar-refractivity contribution in [3.63, 3.8) is 0 Å². The quantitative estimate of drug-likeness (QED) is 0.456. The smallest absolute Gasteiger partial charge is 0.242 e. The molecule has 9 heteroatoms. The van der Waals surface area contributed by atoms with E-state index in [0.717, 1.165) is 39.5 Å². The van der Waals surface area contributed by atoms with Crippen molar-refractivity contribution in [2.75, 3.05) is 32.5 Å². The maximum absolute atomic E-state index is 13.4. The molecule has 0 saturated carbocycles. The Balaban J connectivity index is 1.33. The van der Waals surface area contributed by atoms with Gasteiger partial charge in [-0.3, -0.25) is 14.7 Å². The van der Waals surface area contributed by atoms with Gasteiger partial charge in [0.1, 0.15) is 18.2 Å². The molecule has 1 fully saturated rings. The number of fused-ring (bicyclic) bond motifs is 2. The van der Waals surface area contributed by atoms with Gasteiger partial charge >= 0.3 is 0 Å². The summed E-state index contributed by atoms with van der Waals surface area (Å²) in [6.45, 7) is 2.73. The fourth-order valence-corrected chi connectivity index (χ4v) is 4.64. The van der Waals surface area contributed by atoms with Gasteiger partial charge < -0.3 is 15.4 Å². The Morgan fingerprint density at radius 1 is 1.06 bits per heavy atom. The number of nitrogens with two attached hydrogens (primary N) is 1. The van der Waals surface area contributed by atoms with Crippen LogP contribution < -0.4 is 5.73 Å². The number of carbonyl (C=O) groups excluding carboxylic acids is 1. The third kappa shape index (κ3) is 4.52. The van der Waals surface area contributed by atoms with Gasteiger partial charge in [-0.25, -0.2) is 9.97 Å². The molecule has 1 atom stereocenters. The first-order chi connectivity index (χ1) is 16.5. The molecule has 0 aliphatic carbocycles. The summed E-state index contributed by atoms with van der Waals surface area (Å²) in [7, 11) is 1.62. The molecule has 1 aliphatic rings. The molecule has 2 aromatic heterocycles. The van der Waals surface area contributed by atoms with E-state index >= 15 is 0 Å². The van der Waals surface area contributed by atoms with E-state index in [4.69, 9.17) is 22.1 Å². The number of rotatable bonds is 6. The van der Waals surface area contributed by atoms with E-state index < -0.39 is 0 Å². The summed E-state index contributed by atoms with van der Waals surface area (Å²) in [6.07, 6.45) is 3.28. The molecule has 34 heavy (non-hydrogen) atoms. The Morgan fingerprint density at radius 3 is 2.79 bits per heavy atom. The summed E-state index contributed by atoms with van der Waals surface area (Å²) in [5.41, 5.74) is 8.61. The first-order valence-electron chi connectivity index (χ1n) is 11.1. The molecule has 0 unspecified atom stereocenters. The SMILES string of the molecule is COC[C@H]1C(=O)N(Cc2ccc3c(N)ncnc3c2)CCN1Cc1cc2ccc(Cl)cc2cn1. The molecular weight excluding hydrogens is 452 g/mol. The van der Waals surface area contributed by atoms with Crippen LogP contribution in [0.4, 0.5) is 5.82 Å². The van der Waals surface area contributed by atoms with Crippen LogP contribution in [0.2, 0.25) is 5.02 Å². The summed E-state index contributed by atoms with van der Waals surface area (Å²) >= 11 is 6.09. The average molecular weight is 477 g/mol. The molecule has 1 saturated heterocycles. The van der Waals surface area contributed by atoms with Crippen molar-refractivity contribution < 1.29 is 9.53 Å². The second-order valence-electron chi connectivity index (χ2n) is 8.48. The number of nitrogens with zero attached hydrogens (tertiary/aromatic N) is 5. The van der Waals surface area contributed by atoms with Gasteiger partial charge in [-0.2, -0.15) is 0 Å². The van der Waals surface area contributed by atoms with Gasteiger partial charge in [-0.15, -0.1) is 0 Å². The van der Waals surface area contributed by atoms with Crippen molar-refractivity contribution in [1.82, 2.24) is 24.8 Å². The molecule has 2 aromatic carbocycles. The van der Waals surface area contributed by atoms with Crippen LogP contribution in [-0.4, -0.2) is 63.5 Å². The normalized spacial score (nSPS) is 17.1. The predicted molar refractivity (Wildman–Crippen MR) is 132 cm³/mol. The standard InChI is InChI=1S/C25H25ClN6O2/c1-34-14-23-25(33)32(12-16-2-5-21-22(8-16)29-15-30-24(21)27)7-6-31(23)13-20-10-17-3-4-19(26)9-18(17)11-28-20/h2-5,8-11,15,23H,6-7,12-14H2,1H3,(H2,27,29,30)/t23-/m0/s1. The topological polar surface area (TPSA) is 97.5 Å². The minimum atomic E-state index is -0.375. The molecule has 2 N–H and O–H groups in total. The van der Waals surface area contributed by atoms with E-state index in [1.807, 2.05) is 47.5 Å². The molecule has 0 bridgehead atoms. The van der Waals surface area contributed by atoms with Crippen LogP contribution in [0, 0.1) is 0 Å². The zero-order valence-corrected chi connectivity index (χ0v) is 19.6. The molecule has 1 amide bonds. The minimum absolute atomic E-state index is 0.0444. The van der Waals surface area contributed by atoms with Crippen LogP contribution >= 0.6 is 11.6 Å². The third-order valence-corrected chi connectivity index (χ3v) is 6.46. The number of hydrogen-bond acceptors (Lipinski definition) is 7. The highest BCUT2D eigenvalue weighted by Crippen LogP contribution is 2.23. The summed E-state index contributed by atoms with van der Waals surface area (Å²) < 4.78 is 5.42. The zero-order valence-electron chi connectivity index (χ0n) is 18.8. The lowest BCUT2D eigenvalue weighted by Crippen LogP contribution is -2.57. The second kappa shape index (κ2) is 9.50. The number of ether oxygens (including phenoxy) is 1. The lowest BCUT2D eigenvalue weighted by atomic mass is 10.1. The van der Waals surface area contributed by atoms with Crippen LogP contribution in [0.15, 0.2) is 55.0 Å². The number of methoxy groups -OCH3 is 1. The largest absolute Gasteiger partial charge is 0.383 e. The number of amides is 1. The Hall–Kier alpha value is -3.33. The molecule has 3 heterocycles. The van der Waals surface area contributed by atoms with Gasteiger partial charge in [0.05, 0.1) is 17.8 Å². The van der Waals surface area contributed by atoms with Crippen molar-refractivity contribution in [2.24, 2.45) is 0 Å². The number of carbonyl (C=O) groups is 1.